The lowest BCUT2D eigenvalue weighted by Crippen LogP contribution is -2.49. The van der Waals surface area contributed by atoms with Gasteiger partial charge >= 0.3 is 0 Å². The predicted octanol–water partition coefficient (Wildman–Crippen LogP) is 1.96. The minimum Gasteiger partial charge on any atom is -0.341 e. The Labute approximate surface area is 139 Å². The largest absolute Gasteiger partial charge is 0.341 e. The fourth-order valence-electron chi connectivity index (χ4n) is 3.60. The summed E-state index contributed by atoms with van der Waals surface area (Å²) >= 11 is 0. The third-order valence-corrected chi connectivity index (χ3v) is 6.30. The van der Waals surface area contributed by atoms with Crippen molar-refractivity contribution in [2.75, 3.05) is 24.2 Å². The molecule has 1 aromatic rings. The lowest BCUT2D eigenvalue weighted by atomic mass is 9.91. The molecule has 2 heterocycles. The first-order valence-corrected chi connectivity index (χ1v) is 10.3. The van der Waals surface area contributed by atoms with Gasteiger partial charge in [-0.1, -0.05) is 6.42 Å². The van der Waals surface area contributed by atoms with Crippen LogP contribution in [0, 0.1) is 6.92 Å². The van der Waals surface area contributed by atoms with Crippen LogP contribution >= 0.6 is 0 Å². The Morgan fingerprint density at radius 3 is 2.43 bits per heavy atom. The number of rotatable bonds is 4. The molecule has 0 amide bonds. The average molecular weight is 338 g/mol. The zero-order valence-electron chi connectivity index (χ0n) is 14.0. The van der Waals surface area contributed by atoms with Crippen molar-refractivity contribution in [3.05, 3.63) is 18.0 Å². The second-order valence-corrected chi connectivity index (χ2v) is 8.64. The fourth-order valence-corrected chi connectivity index (χ4v) is 5.11. The molecular formula is C16H26N4O2S. The van der Waals surface area contributed by atoms with Gasteiger partial charge in [0, 0.05) is 37.1 Å². The zero-order chi connectivity index (χ0) is 16.4. The lowest BCUT2D eigenvalue weighted by molar-refractivity contribution is 0.164. The molecule has 1 aliphatic heterocycles. The second kappa shape index (κ2) is 6.73. The van der Waals surface area contributed by atoms with Gasteiger partial charge < -0.3 is 4.90 Å². The number of aromatic nitrogens is 2. The van der Waals surface area contributed by atoms with E-state index in [0.717, 1.165) is 63.3 Å². The fraction of sp³-hybridized carbons (Fsp3) is 0.750. The highest BCUT2D eigenvalue weighted by Gasteiger charge is 2.37. The topological polar surface area (TPSA) is 66.4 Å². The summed E-state index contributed by atoms with van der Waals surface area (Å²) in [5.41, 5.74) is 0.961. The van der Waals surface area contributed by atoms with Gasteiger partial charge in [0.2, 0.25) is 16.0 Å². The summed E-state index contributed by atoms with van der Waals surface area (Å²) in [6, 6.07) is 2.23. The number of hydrogen-bond donors (Lipinski definition) is 0. The molecule has 7 heteroatoms. The van der Waals surface area contributed by atoms with Gasteiger partial charge in [-0.05, 0) is 45.1 Å². The summed E-state index contributed by atoms with van der Waals surface area (Å²) in [7, 11) is -3.15. The molecule has 1 saturated carbocycles. The van der Waals surface area contributed by atoms with Crippen LogP contribution in [-0.4, -0.2) is 54.1 Å². The first kappa shape index (κ1) is 16.6. The molecule has 128 valence electrons. The number of anilines is 1. The molecule has 0 bridgehead atoms. The molecule has 0 unspecified atom stereocenters. The van der Waals surface area contributed by atoms with Gasteiger partial charge in [0.25, 0.3) is 0 Å². The summed E-state index contributed by atoms with van der Waals surface area (Å²) in [5, 5.41) is 0. The molecule has 1 aliphatic carbocycles. The first-order valence-electron chi connectivity index (χ1n) is 8.48. The van der Waals surface area contributed by atoms with Crippen LogP contribution in [0.15, 0.2) is 12.3 Å². The number of sulfonamides is 1. The Bertz CT molecular complexity index is 645. The van der Waals surface area contributed by atoms with Crippen molar-refractivity contribution in [1.29, 1.82) is 0 Å². The van der Waals surface area contributed by atoms with Gasteiger partial charge in [-0.2, -0.15) is 4.31 Å². The maximum atomic E-state index is 12.3. The maximum Gasteiger partial charge on any atom is 0.225 e. The molecule has 0 spiro atoms. The Balaban J connectivity index is 1.72. The van der Waals surface area contributed by atoms with E-state index in [-0.39, 0.29) is 12.1 Å². The molecule has 3 rings (SSSR count). The van der Waals surface area contributed by atoms with Crippen molar-refractivity contribution in [3.63, 3.8) is 0 Å². The van der Waals surface area contributed by atoms with Crippen LogP contribution in [0.4, 0.5) is 5.95 Å². The average Bonchev–Trinajstić information content (AvgIpc) is 2.67. The first-order chi connectivity index (χ1) is 10.9. The van der Waals surface area contributed by atoms with Gasteiger partial charge in [0.05, 0.1) is 6.26 Å². The Kier molecular flexibility index (Phi) is 4.87. The molecule has 23 heavy (non-hydrogen) atoms. The van der Waals surface area contributed by atoms with E-state index >= 15 is 0 Å². The van der Waals surface area contributed by atoms with Gasteiger partial charge in [-0.3, -0.25) is 0 Å². The standard InChI is InChI=1S/C16H26N4O2S/c1-13-8-10-17-16(18-13)19-11-4-7-15(9-12-19)20(23(2,21)22)14-5-3-6-14/h8,10,14-15H,3-7,9,11-12H2,1-2H3/t15-/m0/s1. The van der Waals surface area contributed by atoms with Gasteiger partial charge in [0.1, 0.15) is 0 Å². The highest BCUT2D eigenvalue weighted by Crippen LogP contribution is 2.32. The molecule has 0 radical (unpaired) electrons. The van der Waals surface area contributed by atoms with Crippen LogP contribution in [0.25, 0.3) is 0 Å². The van der Waals surface area contributed by atoms with Gasteiger partial charge in [0.15, 0.2) is 0 Å². The van der Waals surface area contributed by atoms with E-state index in [0.29, 0.717) is 0 Å². The van der Waals surface area contributed by atoms with Crippen LogP contribution in [0.3, 0.4) is 0 Å². The van der Waals surface area contributed by atoms with Crippen LogP contribution < -0.4 is 4.90 Å². The summed E-state index contributed by atoms with van der Waals surface area (Å²) in [6.07, 6.45) is 9.05. The molecule has 2 aliphatic rings. The van der Waals surface area contributed by atoms with Crippen LogP contribution in [0.1, 0.15) is 44.2 Å². The highest BCUT2D eigenvalue weighted by atomic mass is 32.2. The Hall–Kier alpha value is -1.21. The normalized spacial score (nSPS) is 23.6. The van der Waals surface area contributed by atoms with Crippen molar-refractivity contribution in [1.82, 2.24) is 14.3 Å². The SMILES string of the molecule is Cc1ccnc(N2CCC[C@H](N(C3CCC3)S(C)(=O)=O)CC2)n1. The van der Waals surface area contributed by atoms with E-state index < -0.39 is 10.0 Å². The smallest absolute Gasteiger partial charge is 0.225 e. The van der Waals surface area contributed by atoms with Crippen LogP contribution in [0.5, 0.6) is 0 Å². The molecule has 1 aromatic heterocycles. The van der Waals surface area contributed by atoms with E-state index in [9.17, 15) is 8.42 Å². The maximum absolute atomic E-state index is 12.3. The van der Waals surface area contributed by atoms with Crippen molar-refractivity contribution in [2.45, 2.75) is 57.5 Å². The van der Waals surface area contributed by atoms with Crippen LogP contribution in [0.2, 0.25) is 0 Å². The summed E-state index contributed by atoms with van der Waals surface area (Å²) in [6.45, 7) is 3.67. The molecule has 2 fully saturated rings. The Morgan fingerprint density at radius 1 is 1.13 bits per heavy atom. The van der Waals surface area contributed by atoms with Crippen LogP contribution in [-0.2, 0) is 10.0 Å². The molecular weight excluding hydrogens is 312 g/mol. The minimum absolute atomic E-state index is 0.116. The summed E-state index contributed by atoms with van der Waals surface area (Å²) in [5.74, 6) is 0.764. The minimum atomic E-state index is -3.15. The number of hydrogen-bond acceptors (Lipinski definition) is 5. The van der Waals surface area contributed by atoms with E-state index in [1.54, 1.807) is 10.5 Å². The third-order valence-electron chi connectivity index (χ3n) is 4.94. The number of aryl methyl sites for hydroxylation is 1. The monoisotopic (exact) mass is 338 g/mol. The van der Waals surface area contributed by atoms with E-state index in [1.807, 2.05) is 13.0 Å². The highest BCUT2D eigenvalue weighted by molar-refractivity contribution is 7.88. The molecule has 6 nitrogen and oxygen atoms in total. The van der Waals surface area contributed by atoms with E-state index in [4.69, 9.17) is 0 Å². The molecule has 1 atom stereocenters. The molecule has 1 saturated heterocycles. The third kappa shape index (κ3) is 3.83. The van der Waals surface area contributed by atoms with Crippen molar-refractivity contribution < 1.29 is 8.42 Å². The second-order valence-electron chi connectivity index (χ2n) is 6.75. The van der Waals surface area contributed by atoms with Crippen molar-refractivity contribution in [3.8, 4) is 0 Å². The van der Waals surface area contributed by atoms with E-state index in [2.05, 4.69) is 14.9 Å². The van der Waals surface area contributed by atoms with Crippen molar-refractivity contribution in [2.24, 2.45) is 0 Å². The zero-order valence-corrected chi connectivity index (χ0v) is 14.8. The van der Waals surface area contributed by atoms with Gasteiger partial charge in [-0.25, -0.2) is 18.4 Å². The molecule has 0 N–H and O–H groups in total. The summed E-state index contributed by atoms with van der Waals surface area (Å²) in [4.78, 5) is 11.1. The lowest BCUT2D eigenvalue weighted by Gasteiger charge is -2.40. The summed E-state index contributed by atoms with van der Waals surface area (Å²) < 4.78 is 26.3. The van der Waals surface area contributed by atoms with Gasteiger partial charge in [-0.15, -0.1) is 0 Å². The predicted molar refractivity (Wildman–Crippen MR) is 90.9 cm³/mol. The molecule has 0 aromatic carbocycles. The van der Waals surface area contributed by atoms with E-state index in [1.165, 1.54) is 6.26 Å². The van der Waals surface area contributed by atoms with Crippen molar-refractivity contribution >= 4 is 16.0 Å². The number of nitrogens with zero attached hydrogens (tertiary/aromatic N) is 4. The Morgan fingerprint density at radius 2 is 1.83 bits per heavy atom. The quantitative estimate of drug-likeness (QED) is 0.839.